The fraction of sp³-hybridized carbons (Fsp3) is 0.308. The van der Waals surface area contributed by atoms with Crippen LogP contribution in [0.5, 0.6) is 0 Å². The number of rotatable bonds is 5. The van der Waals surface area contributed by atoms with Crippen LogP contribution in [0.15, 0.2) is 67.1 Å². The van der Waals surface area contributed by atoms with Crippen molar-refractivity contribution in [3.05, 3.63) is 72.7 Å². The fourth-order valence-corrected chi connectivity index (χ4v) is 5.20. The van der Waals surface area contributed by atoms with Gasteiger partial charge in [-0.1, -0.05) is 36.4 Å². The molecule has 1 N–H and O–H groups in total. The number of hydrogen-bond donors (Lipinski definition) is 1. The van der Waals surface area contributed by atoms with Gasteiger partial charge < -0.3 is 10.2 Å². The Balaban J connectivity index is 1.43. The highest BCUT2D eigenvalue weighted by atomic mass is 32.2. The van der Waals surface area contributed by atoms with Gasteiger partial charge in [-0.15, -0.1) is 0 Å². The van der Waals surface area contributed by atoms with Crippen molar-refractivity contribution in [3.63, 3.8) is 0 Å². The molecule has 0 bridgehead atoms. The summed E-state index contributed by atoms with van der Waals surface area (Å²) < 4.78 is 1.89. The molecule has 0 amide bonds. The number of nitrogens with one attached hydrogen (secondary N) is 1. The second-order valence-electron chi connectivity index (χ2n) is 8.61. The molecular weight excluding hydrogens is 414 g/mol. The van der Waals surface area contributed by atoms with Crippen molar-refractivity contribution < 1.29 is 0 Å². The average molecular weight is 444 g/mol. The van der Waals surface area contributed by atoms with Crippen molar-refractivity contribution in [2.45, 2.75) is 31.7 Å². The normalized spacial score (nSPS) is 18.9. The van der Waals surface area contributed by atoms with Gasteiger partial charge in [0.15, 0.2) is 5.65 Å². The van der Waals surface area contributed by atoms with Crippen molar-refractivity contribution in [1.82, 2.24) is 19.9 Å². The largest absolute Gasteiger partial charge is 0.364 e. The summed E-state index contributed by atoms with van der Waals surface area (Å²) >= 11 is 1.83. The minimum Gasteiger partial charge on any atom is -0.364 e. The molecule has 6 heteroatoms. The lowest BCUT2D eigenvalue weighted by Gasteiger charge is -2.41. The molecule has 0 radical (unpaired) electrons. The van der Waals surface area contributed by atoms with E-state index in [1.165, 1.54) is 11.3 Å². The van der Waals surface area contributed by atoms with E-state index in [1.807, 2.05) is 28.7 Å². The minimum absolute atomic E-state index is 0.486. The SMILES string of the molecule is CSCc1cccc(-c2cnn3cc(-c4ccc(N5C(C)CNCC5C)cc4)cnc23)c1. The van der Waals surface area contributed by atoms with Crippen LogP contribution in [0.3, 0.4) is 0 Å². The van der Waals surface area contributed by atoms with Crippen LogP contribution < -0.4 is 10.2 Å². The molecule has 0 saturated carbocycles. The van der Waals surface area contributed by atoms with Crippen LogP contribution in [0, 0.1) is 0 Å². The van der Waals surface area contributed by atoms with E-state index in [4.69, 9.17) is 4.98 Å². The number of aromatic nitrogens is 3. The Morgan fingerprint density at radius 1 is 0.969 bits per heavy atom. The van der Waals surface area contributed by atoms with Gasteiger partial charge in [-0.3, -0.25) is 0 Å². The first-order chi connectivity index (χ1) is 15.6. The zero-order valence-corrected chi connectivity index (χ0v) is 19.6. The van der Waals surface area contributed by atoms with Gasteiger partial charge in [0.05, 0.1) is 6.20 Å². The zero-order chi connectivity index (χ0) is 22.1. The van der Waals surface area contributed by atoms with E-state index in [0.717, 1.165) is 46.7 Å². The summed E-state index contributed by atoms with van der Waals surface area (Å²) in [5.41, 5.74) is 7.92. The Kier molecular flexibility index (Phi) is 5.89. The average Bonchev–Trinajstić information content (AvgIpc) is 3.23. The maximum Gasteiger partial charge on any atom is 0.162 e. The first-order valence-corrected chi connectivity index (χ1v) is 12.5. The zero-order valence-electron chi connectivity index (χ0n) is 18.8. The summed E-state index contributed by atoms with van der Waals surface area (Å²) in [5.74, 6) is 1.01. The smallest absolute Gasteiger partial charge is 0.162 e. The van der Waals surface area contributed by atoms with E-state index in [-0.39, 0.29) is 0 Å². The van der Waals surface area contributed by atoms with Gasteiger partial charge in [0.2, 0.25) is 0 Å². The molecule has 4 aromatic rings. The minimum atomic E-state index is 0.486. The van der Waals surface area contributed by atoms with Crippen LogP contribution in [-0.4, -0.2) is 46.0 Å². The summed E-state index contributed by atoms with van der Waals surface area (Å²) in [5, 5.41) is 8.10. The highest BCUT2D eigenvalue weighted by Gasteiger charge is 2.24. The number of hydrogen-bond acceptors (Lipinski definition) is 5. The Labute approximate surface area is 193 Å². The standard InChI is InChI=1S/C26H29N5S/c1-18-12-27-13-19(2)31(18)24-9-7-21(8-10-24)23-14-28-26-25(15-29-30(26)16-23)22-6-4-5-20(11-22)17-32-3/h4-11,14-16,18-19,27H,12-13,17H2,1-3H3. The highest BCUT2D eigenvalue weighted by molar-refractivity contribution is 7.97. The number of piperazine rings is 1. The number of thioether (sulfide) groups is 1. The molecule has 3 heterocycles. The Hall–Kier alpha value is -2.83. The molecule has 0 spiro atoms. The monoisotopic (exact) mass is 443 g/mol. The summed E-state index contributed by atoms with van der Waals surface area (Å²) in [6, 6.07) is 18.5. The van der Waals surface area contributed by atoms with E-state index >= 15 is 0 Å². The first kappa shape index (κ1) is 21.0. The Morgan fingerprint density at radius 2 is 1.75 bits per heavy atom. The molecule has 2 aromatic carbocycles. The maximum absolute atomic E-state index is 4.78. The van der Waals surface area contributed by atoms with Crippen LogP contribution in [0.2, 0.25) is 0 Å². The molecule has 2 atom stereocenters. The molecule has 2 unspecified atom stereocenters. The molecule has 32 heavy (non-hydrogen) atoms. The van der Waals surface area contributed by atoms with Crippen molar-refractivity contribution >= 4 is 23.1 Å². The number of benzene rings is 2. The van der Waals surface area contributed by atoms with E-state index in [2.05, 4.69) is 90.1 Å². The van der Waals surface area contributed by atoms with E-state index in [1.54, 1.807) is 0 Å². The first-order valence-electron chi connectivity index (χ1n) is 11.1. The van der Waals surface area contributed by atoms with Crippen LogP contribution in [0.1, 0.15) is 19.4 Å². The van der Waals surface area contributed by atoms with Gasteiger partial charge in [0.25, 0.3) is 0 Å². The van der Waals surface area contributed by atoms with Gasteiger partial charge in [0, 0.05) is 60.1 Å². The number of anilines is 1. The van der Waals surface area contributed by atoms with Gasteiger partial charge >= 0.3 is 0 Å². The number of fused-ring (bicyclic) bond motifs is 1. The lowest BCUT2D eigenvalue weighted by atomic mass is 10.0. The van der Waals surface area contributed by atoms with E-state index in [9.17, 15) is 0 Å². The predicted molar refractivity (Wildman–Crippen MR) is 135 cm³/mol. The highest BCUT2D eigenvalue weighted by Crippen LogP contribution is 2.29. The van der Waals surface area contributed by atoms with Crippen molar-refractivity contribution in [1.29, 1.82) is 0 Å². The van der Waals surface area contributed by atoms with Crippen molar-refractivity contribution in [3.8, 4) is 22.3 Å². The fourth-order valence-electron chi connectivity index (χ4n) is 4.69. The third-order valence-electron chi connectivity index (χ3n) is 6.23. The summed E-state index contributed by atoms with van der Waals surface area (Å²) in [6.07, 6.45) is 8.07. The van der Waals surface area contributed by atoms with Gasteiger partial charge in [-0.25, -0.2) is 9.50 Å². The molecule has 1 aliphatic heterocycles. The topological polar surface area (TPSA) is 45.5 Å². The molecule has 0 aliphatic carbocycles. The Morgan fingerprint density at radius 3 is 2.50 bits per heavy atom. The summed E-state index contributed by atoms with van der Waals surface area (Å²) in [7, 11) is 0. The molecule has 5 nitrogen and oxygen atoms in total. The molecule has 1 aliphatic rings. The van der Waals surface area contributed by atoms with E-state index < -0.39 is 0 Å². The third-order valence-corrected chi connectivity index (χ3v) is 6.86. The molecule has 2 aromatic heterocycles. The quantitative estimate of drug-likeness (QED) is 0.464. The van der Waals surface area contributed by atoms with Crippen LogP contribution in [0.4, 0.5) is 5.69 Å². The van der Waals surface area contributed by atoms with Gasteiger partial charge in [-0.2, -0.15) is 16.9 Å². The molecule has 1 fully saturated rings. The second-order valence-corrected chi connectivity index (χ2v) is 9.48. The predicted octanol–water partition coefficient (Wildman–Crippen LogP) is 5.11. The van der Waals surface area contributed by atoms with Gasteiger partial charge in [0.1, 0.15) is 0 Å². The molecule has 1 saturated heterocycles. The van der Waals surface area contributed by atoms with Crippen LogP contribution in [-0.2, 0) is 5.75 Å². The number of nitrogens with zero attached hydrogens (tertiary/aromatic N) is 4. The molecular formula is C26H29N5S. The summed E-state index contributed by atoms with van der Waals surface area (Å²) in [6.45, 7) is 6.60. The lowest BCUT2D eigenvalue weighted by Crippen LogP contribution is -2.55. The van der Waals surface area contributed by atoms with Crippen LogP contribution in [0.25, 0.3) is 27.9 Å². The van der Waals surface area contributed by atoms with Crippen molar-refractivity contribution in [2.75, 3.05) is 24.2 Å². The second kappa shape index (κ2) is 8.96. The Bertz CT molecular complexity index is 1210. The van der Waals surface area contributed by atoms with Gasteiger partial charge in [-0.05, 0) is 48.9 Å². The molecule has 164 valence electrons. The van der Waals surface area contributed by atoms with Crippen molar-refractivity contribution in [2.24, 2.45) is 0 Å². The summed E-state index contributed by atoms with van der Waals surface area (Å²) in [4.78, 5) is 7.29. The third kappa shape index (κ3) is 4.00. The maximum atomic E-state index is 4.78. The van der Waals surface area contributed by atoms with Crippen LogP contribution >= 0.6 is 11.8 Å². The lowest BCUT2D eigenvalue weighted by molar-refractivity contribution is 0.432. The molecule has 5 rings (SSSR count). The van der Waals surface area contributed by atoms with E-state index in [0.29, 0.717) is 12.1 Å².